The number of benzene rings is 1. The number of anilines is 2. The Labute approximate surface area is 127 Å². The molecule has 0 aliphatic carbocycles. The summed E-state index contributed by atoms with van der Waals surface area (Å²) in [6.07, 6.45) is 2.74. The molecule has 0 amide bonds. The van der Waals surface area contributed by atoms with Gasteiger partial charge in [-0.15, -0.1) is 0 Å². The number of hydrogen-bond acceptors (Lipinski definition) is 7. The standard InChI is InChI=1S/C13H16N4O2S2/c1-21(18,19)12-7-20-5-4-17(12)13-10-6-9(14)2-3-11(10)15-8-16-13/h2-3,6,8,12H,4-5,7,14H2,1H3. The van der Waals surface area contributed by atoms with E-state index in [1.54, 1.807) is 23.9 Å². The van der Waals surface area contributed by atoms with Crippen LogP contribution in [-0.2, 0) is 9.84 Å². The molecule has 0 radical (unpaired) electrons. The minimum Gasteiger partial charge on any atom is -0.399 e. The zero-order chi connectivity index (χ0) is 15.0. The van der Waals surface area contributed by atoms with Crippen LogP contribution in [0.3, 0.4) is 0 Å². The lowest BCUT2D eigenvalue weighted by Crippen LogP contribution is -2.47. The van der Waals surface area contributed by atoms with Crippen LogP contribution in [0.2, 0.25) is 0 Å². The minimum atomic E-state index is -3.19. The third-order valence-electron chi connectivity index (χ3n) is 3.49. The van der Waals surface area contributed by atoms with Crippen LogP contribution in [0, 0.1) is 0 Å². The third-order valence-corrected chi connectivity index (χ3v) is 6.13. The fourth-order valence-corrected chi connectivity index (χ4v) is 5.29. The fourth-order valence-electron chi connectivity index (χ4n) is 2.47. The van der Waals surface area contributed by atoms with Crippen LogP contribution < -0.4 is 10.6 Å². The first kappa shape index (κ1) is 14.4. The molecular weight excluding hydrogens is 308 g/mol. The molecule has 0 bridgehead atoms. The van der Waals surface area contributed by atoms with Gasteiger partial charge in [-0.05, 0) is 18.2 Å². The molecule has 2 N–H and O–H groups in total. The van der Waals surface area contributed by atoms with Crippen molar-refractivity contribution < 1.29 is 8.42 Å². The summed E-state index contributed by atoms with van der Waals surface area (Å²) in [4.78, 5) is 10.4. The van der Waals surface area contributed by atoms with E-state index >= 15 is 0 Å². The minimum absolute atomic E-state index is 0.548. The maximum absolute atomic E-state index is 12.0. The van der Waals surface area contributed by atoms with E-state index in [0.29, 0.717) is 23.8 Å². The Hall–Kier alpha value is -1.54. The van der Waals surface area contributed by atoms with Gasteiger partial charge in [0.2, 0.25) is 0 Å². The molecule has 1 aromatic heterocycles. The SMILES string of the molecule is CS(=O)(=O)C1CSCCN1c1ncnc2ccc(N)cc12. The Morgan fingerprint density at radius 3 is 2.95 bits per heavy atom. The van der Waals surface area contributed by atoms with Gasteiger partial charge >= 0.3 is 0 Å². The first-order valence-corrected chi connectivity index (χ1v) is 9.61. The highest BCUT2D eigenvalue weighted by Crippen LogP contribution is 2.30. The lowest BCUT2D eigenvalue weighted by Gasteiger charge is -2.35. The first-order chi connectivity index (χ1) is 9.97. The van der Waals surface area contributed by atoms with Crippen molar-refractivity contribution in [3.63, 3.8) is 0 Å². The molecule has 0 saturated carbocycles. The molecule has 1 fully saturated rings. The second-order valence-corrected chi connectivity index (χ2v) is 8.38. The normalized spacial score (nSPS) is 19.9. The number of nitrogens with two attached hydrogens (primary N) is 1. The van der Waals surface area contributed by atoms with E-state index < -0.39 is 15.2 Å². The molecule has 3 rings (SSSR count). The average Bonchev–Trinajstić information content (AvgIpc) is 2.45. The molecule has 112 valence electrons. The van der Waals surface area contributed by atoms with Gasteiger partial charge in [0.15, 0.2) is 9.84 Å². The van der Waals surface area contributed by atoms with Gasteiger partial charge in [0, 0.05) is 35.4 Å². The molecule has 21 heavy (non-hydrogen) atoms. The van der Waals surface area contributed by atoms with Crippen LogP contribution in [0.15, 0.2) is 24.5 Å². The summed E-state index contributed by atoms with van der Waals surface area (Å²) >= 11 is 1.65. The Morgan fingerprint density at radius 1 is 1.38 bits per heavy atom. The van der Waals surface area contributed by atoms with Gasteiger partial charge in [-0.1, -0.05) is 0 Å². The molecular formula is C13H16N4O2S2. The third kappa shape index (κ3) is 2.77. The van der Waals surface area contributed by atoms with Crippen LogP contribution in [0.1, 0.15) is 0 Å². The summed E-state index contributed by atoms with van der Waals surface area (Å²) in [7, 11) is -3.19. The second-order valence-electron chi connectivity index (χ2n) is 5.03. The van der Waals surface area contributed by atoms with Crippen molar-refractivity contribution in [2.45, 2.75) is 5.37 Å². The van der Waals surface area contributed by atoms with E-state index in [1.165, 1.54) is 12.6 Å². The van der Waals surface area contributed by atoms with Crippen LogP contribution in [-0.4, -0.2) is 48.1 Å². The summed E-state index contributed by atoms with van der Waals surface area (Å²) in [6.45, 7) is 0.642. The highest BCUT2D eigenvalue weighted by Gasteiger charge is 2.32. The van der Waals surface area contributed by atoms with Gasteiger partial charge in [-0.25, -0.2) is 18.4 Å². The van der Waals surface area contributed by atoms with Gasteiger partial charge in [0.05, 0.1) is 5.52 Å². The lowest BCUT2D eigenvalue weighted by molar-refractivity contribution is 0.584. The van der Waals surface area contributed by atoms with Crippen molar-refractivity contribution in [1.82, 2.24) is 9.97 Å². The highest BCUT2D eigenvalue weighted by atomic mass is 32.2. The van der Waals surface area contributed by atoms with Crippen molar-refractivity contribution >= 4 is 44.0 Å². The largest absolute Gasteiger partial charge is 0.399 e. The van der Waals surface area contributed by atoms with Gasteiger partial charge in [-0.2, -0.15) is 11.8 Å². The molecule has 1 saturated heterocycles. The molecule has 1 atom stereocenters. The predicted molar refractivity (Wildman–Crippen MR) is 87.3 cm³/mol. The first-order valence-electron chi connectivity index (χ1n) is 6.50. The molecule has 0 spiro atoms. The smallest absolute Gasteiger partial charge is 0.169 e. The van der Waals surface area contributed by atoms with E-state index in [2.05, 4.69) is 9.97 Å². The van der Waals surface area contributed by atoms with E-state index in [4.69, 9.17) is 5.73 Å². The maximum Gasteiger partial charge on any atom is 0.169 e. The summed E-state index contributed by atoms with van der Waals surface area (Å²) in [5.41, 5.74) is 7.22. The zero-order valence-corrected chi connectivity index (χ0v) is 13.2. The van der Waals surface area contributed by atoms with Crippen LogP contribution in [0.25, 0.3) is 10.9 Å². The van der Waals surface area contributed by atoms with Gasteiger partial charge in [0.25, 0.3) is 0 Å². The number of sulfone groups is 1. The number of rotatable bonds is 2. The Morgan fingerprint density at radius 2 is 2.19 bits per heavy atom. The molecule has 1 aromatic carbocycles. The van der Waals surface area contributed by atoms with Crippen molar-refractivity contribution in [3.8, 4) is 0 Å². The number of fused-ring (bicyclic) bond motifs is 1. The van der Waals surface area contributed by atoms with E-state index in [1.807, 2.05) is 11.0 Å². The summed E-state index contributed by atoms with van der Waals surface area (Å²) in [5, 5.41) is 0.230. The van der Waals surface area contributed by atoms with Gasteiger partial charge in [-0.3, -0.25) is 0 Å². The van der Waals surface area contributed by atoms with E-state index in [9.17, 15) is 8.42 Å². The van der Waals surface area contributed by atoms with E-state index in [0.717, 1.165) is 16.7 Å². The molecule has 1 unspecified atom stereocenters. The molecule has 6 nitrogen and oxygen atoms in total. The topological polar surface area (TPSA) is 89.2 Å². The van der Waals surface area contributed by atoms with Crippen LogP contribution in [0.4, 0.5) is 11.5 Å². The lowest BCUT2D eigenvalue weighted by atomic mass is 10.2. The maximum atomic E-state index is 12.0. The zero-order valence-electron chi connectivity index (χ0n) is 11.6. The molecule has 2 heterocycles. The number of nitrogens with zero attached hydrogens (tertiary/aromatic N) is 3. The summed E-state index contributed by atoms with van der Waals surface area (Å²) in [6, 6.07) is 5.40. The molecule has 8 heteroatoms. The Balaban J connectivity index is 2.16. The average molecular weight is 324 g/mol. The Kier molecular flexibility index (Phi) is 3.66. The second kappa shape index (κ2) is 5.34. The summed E-state index contributed by atoms with van der Waals surface area (Å²) < 4.78 is 24.1. The predicted octanol–water partition coefficient (Wildman–Crippen LogP) is 1.14. The van der Waals surface area contributed by atoms with Crippen molar-refractivity contribution in [2.75, 3.05) is 34.9 Å². The monoisotopic (exact) mass is 324 g/mol. The van der Waals surface area contributed by atoms with Crippen molar-refractivity contribution in [2.24, 2.45) is 0 Å². The number of thioether (sulfide) groups is 1. The molecule has 1 aliphatic rings. The number of hydrogen-bond donors (Lipinski definition) is 1. The molecule has 1 aliphatic heterocycles. The van der Waals surface area contributed by atoms with Crippen LogP contribution in [0.5, 0.6) is 0 Å². The Bertz CT molecular complexity index is 779. The number of nitrogen functional groups attached to an aromatic ring is 1. The van der Waals surface area contributed by atoms with Gasteiger partial charge in [0.1, 0.15) is 17.5 Å². The quantitative estimate of drug-likeness (QED) is 0.828. The van der Waals surface area contributed by atoms with Gasteiger partial charge < -0.3 is 10.6 Å². The number of aromatic nitrogens is 2. The fraction of sp³-hybridized carbons (Fsp3) is 0.385. The van der Waals surface area contributed by atoms with Crippen molar-refractivity contribution in [3.05, 3.63) is 24.5 Å². The summed E-state index contributed by atoms with van der Waals surface area (Å²) in [5.74, 6) is 2.06. The highest BCUT2D eigenvalue weighted by molar-refractivity contribution is 8.01. The van der Waals surface area contributed by atoms with E-state index in [-0.39, 0.29) is 0 Å². The van der Waals surface area contributed by atoms with Crippen LogP contribution >= 0.6 is 11.8 Å². The molecule has 2 aromatic rings. The van der Waals surface area contributed by atoms with Crippen molar-refractivity contribution in [1.29, 1.82) is 0 Å².